The molecule has 1 aliphatic heterocycles. The van der Waals surface area contributed by atoms with Crippen LogP contribution in [0.15, 0.2) is 58.6 Å². The maximum atomic E-state index is 12.9. The van der Waals surface area contributed by atoms with Crippen LogP contribution in [-0.2, 0) is 38.4 Å². The van der Waals surface area contributed by atoms with Crippen LogP contribution < -0.4 is 0 Å². The van der Waals surface area contributed by atoms with Gasteiger partial charge in [-0.1, -0.05) is 18.2 Å². The van der Waals surface area contributed by atoms with Crippen molar-refractivity contribution in [2.24, 2.45) is 0 Å². The number of sulfone groups is 1. The van der Waals surface area contributed by atoms with Crippen molar-refractivity contribution in [3.05, 3.63) is 53.7 Å². The van der Waals surface area contributed by atoms with Gasteiger partial charge in [0.2, 0.25) is 5.76 Å². The summed E-state index contributed by atoms with van der Waals surface area (Å²) in [4.78, 5) is 24.0. The van der Waals surface area contributed by atoms with Crippen molar-refractivity contribution in [3.8, 4) is 0 Å². The Balaban J connectivity index is 2.39. The maximum Gasteiger partial charge on any atom is 0.383 e. The van der Waals surface area contributed by atoms with Gasteiger partial charge in [-0.3, -0.25) is 4.79 Å². The largest absolute Gasteiger partial charge is 0.490 e. The first kappa shape index (κ1) is 20.5. The third kappa shape index (κ3) is 4.30. The third-order valence-electron chi connectivity index (χ3n) is 3.74. The van der Waals surface area contributed by atoms with Gasteiger partial charge in [-0.2, -0.15) is 0 Å². The SMILES string of the molecule is CCOC(=O)C(C/C=C1/OC(=O)C(OC)=C1OC)S(=O)(=O)c1ccccc1. The first-order valence-electron chi connectivity index (χ1n) is 8.07. The van der Waals surface area contributed by atoms with E-state index < -0.39 is 27.0 Å². The second-order valence-electron chi connectivity index (χ2n) is 5.36. The van der Waals surface area contributed by atoms with E-state index in [0.717, 1.165) is 0 Å². The number of methoxy groups -OCH3 is 2. The normalized spacial score (nSPS) is 16.9. The topological polar surface area (TPSA) is 105 Å². The predicted molar refractivity (Wildman–Crippen MR) is 93.9 cm³/mol. The van der Waals surface area contributed by atoms with E-state index in [-0.39, 0.29) is 35.2 Å². The molecule has 27 heavy (non-hydrogen) atoms. The summed E-state index contributed by atoms with van der Waals surface area (Å²) in [6.07, 6.45) is 1.02. The van der Waals surface area contributed by atoms with Crippen LogP contribution in [0.1, 0.15) is 13.3 Å². The van der Waals surface area contributed by atoms with E-state index in [1.807, 2.05) is 0 Å². The Morgan fingerprint density at radius 2 is 1.78 bits per heavy atom. The molecule has 1 aromatic carbocycles. The first-order valence-corrected chi connectivity index (χ1v) is 9.62. The minimum absolute atomic E-state index is 0.00930. The van der Waals surface area contributed by atoms with Gasteiger partial charge >= 0.3 is 11.9 Å². The number of allylic oxidation sites excluding steroid dienone is 1. The Morgan fingerprint density at radius 1 is 1.15 bits per heavy atom. The minimum Gasteiger partial charge on any atom is -0.490 e. The fourth-order valence-corrected chi connectivity index (χ4v) is 4.01. The van der Waals surface area contributed by atoms with Crippen molar-refractivity contribution in [1.82, 2.24) is 0 Å². The molecule has 2 rings (SSSR count). The fourth-order valence-electron chi connectivity index (χ4n) is 2.47. The van der Waals surface area contributed by atoms with E-state index in [1.54, 1.807) is 25.1 Å². The number of esters is 2. The zero-order chi connectivity index (χ0) is 20.0. The summed E-state index contributed by atoms with van der Waals surface area (Å²) in [7, 11) is -1.43. The van der Waals surface area contributed by atoms with Crippen LogP contribution in [0, 0.1) is 0 Å². The van der Waals surface area contributed by atoms with Gasteiger partial charge < -0.3 is 18.9 Å². The van der Waals surface area contributed by atoms with Crippen LogP contribution in [0.2, 0.25) is 0 Å². The molecule has 1 aliphatic rings. The lowest BCUT2D eigenvalue weighted by Crippen LogP contribution is -2.32. The molecule has 0 aromatic heterocycles. The highest BCUT2D eigenvalue weighted by atomic mass is 32.2. The Hall–Kier alpha value is -2.81. The van der Waals surface area contributed by atoms with Crippen molar-refractivity contribution in [2.45, 2.75) is 23.5 Å². The summed E-state index contributed by atoms with van der Waals surface area (Å²) >= 11 is 0. The van der Waals surface area contributed by atoms with Crippen LogP contribution in [0.25, 0.3) is 0 Å². The highest BCUT2D eigenvalue weighted by Gasteiger charge is 2.37. The Kier molecular flexibility index (Phi) is 6.62. The lowest BCUT2D eigenvalue weighted by molar-refractivity contribution is -0.142. The molecule has 0 bridgehead atoms. The molecule has 0 N–H and O–H groups in total. The molecule has 1 atom stereocenters. The van der Waals surface area contributed by atoms with E-state index in [0.29, 0.717) is 0 Å². The maximum absolute atomic E-state index is 12.9. The van der Waals surface area contributed by atoms with Gasteiger partial charge in [0.25, 0.3) is 5.76 Å². The molecule has 0 fully saturated rings. The molecular weight excluding hydrogens is 376 g/mol. The summed E-state index contributed by atoms with van der Waals surface area (Å²) in [5.41, 5.74) is 0. The molecule has 0 amide bonds. The monoisotopic (exact) mass is 396 g/mol. The summed E-state index contributed by atoms with van der Waals surface area (Å²) in [6, 6.07) is 7.58. The summed E-state index contributed by atoms with van der Waals surface area (Å²) < 4.78 is 45.7. The van der Waals surface area contributed by atoms with Gasteiger partial charge in [0, 0.05) is 0 Å². The molecule has 0 aliphatic carbocycles. The molecule has 0 saturated heterocycles. The average molecular weight is 396 g/mol. The van der Waals surface area contributed by atoms with Crippen molar-refractivity contribution >= 4 is 21.8 Å². The Morgan fingerprint density at radius 3 is 2.33 bits per heavy atom. The lowest BCUT2D eigenvalue weighted by Gasteiger charge is -2.15. The third-order valence-corrected chi connectivity index (χ3v) is 5.80. The number of carbonyl (C=O) groups excluding carboxylic acids is 2. The second kappa shape index (κ2) is 8.72. The molecule has 1 unspecified atom stereocenters. The summed E-state index contributed by atoms with van der Waals surface area (Å²) in [5, 5.41) is -1.50. The molecule has 0 saturated carbocycles. The molecule has 8 nitrogen and oxygen atoms in total. The van der Waals surface area contributed by atoms with E-state index in [2.05, 4.69) is 0 Å². The van der Waals surface area contributed by atoms with Crippen LogP contribution in [0.5, 0.6) is 0 Å². The quantitative estimate of drug-likeness (QED) is 0.612. The van der Waals surface area contributed by atoms with Gasteiger partial charge in [-0.25, -0.2) is 13.2 Å². The first-order chi connectivity index (χ1) is 12.9. The smallest absolute Gasteiger partial charge is 0.383 e. The van der Waals surface area contributed by atoms with Crippen LogP contribution >= 0.6 is 0 Å². The highest BCUT2D eigenvalue weighted by Crippen LogP contribution is 2.29. The highest BCUT2D eigenvalue weighted by molar-refractivity contribution is 7.92. The number of hydrogen-bond acceptors (Lipinski definition) is 8. The zero-order valence-corrected chi connectivity index (χ0v) is 15.9. The van der Waals surface area contributed by atoms with E-state index >= 15 is 0 Å². The van der Waals surface area contributed by atoms with Crippen molar-refractivity contribution < 1.29 is 37.0 Å². The minimum atomic E-state index is -4.02. The van der Waals surface area contributed by atoms with E-state index in [1.165, 1.54) is 32.4 Å². The number of carbonyl (C=O) groups is 2. The van der Waals surface area contributed by atoms with E-state index in [4.69, 9.17) is 18.9 Å². The Labute approximate surface area is 157 Å². The van der Waals surface area contributed by atoms with Crippen molar-refractivity contribution in [2.75, 3.05) is 20.8 Å². The molecule has 0 spiro atoms. The standard InChI is InChI=1S/C18H20O8S/c1-4-25-17(19)14(27(21,22)12-8-6-5-7-9-12)11-10-13-15(23-2)16(24-3)18(20)26-13/h5-10,14H,4,11H2,1-3H3/b13-10+. The van der Waals surface area contributed by atoms with Gasteiger partial charge in [0.05, 0.1) is 25.7 Å². The number of rotatable bonds is 8. The Bertz CT molecular complexity index is 868. The molecular formula is C18H20O8S. The second-order valence-corrected chi connectivity index (χ2v) is 7.49. The summed E-state index contributed by atoms with van der Waals surface area (Å²) in [6.45, 7) is 1.61. The number of ether oxygens (including phenoxy) is 4. The van der Waals surface area contributed by atoms with Gasteiger partial charge in [-0.15, -0.1) is 0 Å². The number of benzene rings is 1. The predicted octanol–water partition coefficient (Wildman–Crippen LogP) is 1.73. The number of hydrogen-bond donors (Lipinski definition) is 0. The van der Waals surface area contributed by atoms with Crippen molar-refractivity contribution in [1.29, 1.82) is 0 Å². The zero-order valence-electron chi connectivity index (χ0n) is 15.1. The van der Waals surface area contributed by atoms with Gasteiger partial charge in [0.1, 0.15) is 0 Å². The fraction of sp³-hybridized carbons (Fsp3) is 0.333. The number of cyclic esters (lactones) is 1. The molecule has 0 radical (unpaired) electrons. The van der Waals surface area contributed by atoms with Gasteiger partial charge in [0.15, 0.2) is 20.8 Å². The lowest BCUT2D eigenvalue weighted by atomic mass is 10.2. The van der Waals surface area contributed by atoms with Crippen LogP contribution in [0.3, 0.4) is 0 Å². The molecule has 9 heteroatoms. The average Bonchev–Trinajstić information content (AvgIpc) is 2.97. The van der Waals surface area contributed by atoms with E-state index in [9.17, 15) is 18.0 Å². The van der Waals surface area contributed by atoms with Crippen molar-refractivity contribution in [3.63, 3.8) is 0 Å². The molecule has 1 heterocycles. The molecule has 146 valence electrons. The summed E-state index contributed by atoms with van der Waals surface area (Å²) in [5.74, 6) is -1.78. The van der Waals surface area contributed by atoms with Crippen LogP contribution in [-0.4, -0.2) is 46.4 Å². The molecule has 1 aromatic rings. The van der Waals surface area contributed by atoms with Gasteiger partial charge in [-0.05, 0) is 31.6 Å². The van der Waals surface area contributed by atoms with Crippen LogP contribution in [0.4, 0.5) is 0 Å².